The number of rotatable bonds is 11. The summed E-state index contributed by atoms with van der Waals surface area (Å²) < 4.78 is 0. The second-order valence-electron chi connectivity index (χ2n) is 27.5. The lowest BCUT2D eigenvalue weighted by atomic mass is 9.93. The van der Waals surface area contributed by atoms with Gasteiger partial charge in [0.15, 0.2) is 0 Å². The summed E-state index contributed by atoms with van der Waals surface area (Å²) in [5.41, 5.74) is 84.4. The van der Waals surface area contributed by atoms with Gasteiger partial charge in [0, 0.05) is 51.2 Å². The molecular weight excluding hydrogens is 1200 g/mol. The molecule has 534 valence electrons. The van der Waals surface area contributed by atoms with E-state index in [0.29, 0.717) is 29.6 Å². The Balaban J connectivity index is 0.000000553. The monoisotopic (exact) mass is 1330 g/mol. The van der Waals surface area contributed by atoms with Crippen molar-refractivity contribution in [2.45, 2.75) is 234 Å². The van der Waals surface area contributed by atoms with Crippen LogP contribution in [-0.2, 0) is 38.5 Å². The Kier molecular flexibility index (Phi) is 39.9. The first-order valence-corrected chi connectivity index (χ1v) is 35.7. The lowest BCUT2D eigenvalue weighted by molar-refractivity contribution is 0.835. The van der Waals surface area contributed by atoms with Gasteiger partial charge in [0.05, 0.1) is 0 Å². The molecule has 0 aliphatic rings. The van der Waals surface area contributed by atoms with Crippen LogP contribution in [0.25, 0.3) is 0 Å². The third-order valence-electron chi connectivity index (χ3n) is 17.1. The Labute approximate surface area is 597 Å². The van der Waals surface area contributed by atoms with Crippen LogP contribution in [0.2, 0.25) is 0 Å². The lowest BCUT2D eigenvalue weighted by Crippen LogP contribution is -2.02. The molecule has 0 aliphatic heterocycles. The van der Waals surface area contributed by atoms with E-state index in [1.165, 1.54) is 94.6 Å². The van der Waals surface area contributed by atoms with E-state index in [-0.39, 0.29) is 0 Å². The van der Waals surface area contributed by atoms with E-state index < -0.39 is 0 Å². The molecule has 0 aromatic heterocycles. The van der Waals surface area contributed by atoms with Crippen molar-refractivity contribution in [1.82, 2.24) is 0 Å². The summed E-state index contributed by atoms with van der Waals surface area (Å²) in [6.45, 7) is 51.1. The van der Waals surface area contributed by atoms with E-state index in [4.69, 9.17) is 51.6 Å². The molecule has 98 heavy (non-hydrogen) atoms. The Morgan fingerprint density at radius 2 is 0.561 bits per heavy atom. The smallest absolute Gasteiger partial charge is 0.0384 e. The molecule has 0 aliphatic carbocycles. The highest BCUT2D eigenvalue weighted by Gasteiger charge is 2.11. The quantitative estimate of drug-likeness (QED) is 0.0560. The van der Waals surface area contributed by atoms with Gasteiger partial charge in [-0.3, -0.25) is 0 Å². The highest BCUT2D eigenvalue weighted by Crippen LogP contribution is 2.30. The van der Waals surface area contributed by atoms with Crippen LogP contribution in [0.5, 0.6) is 0 Å². The van der Waals surface area contributed by atoms with Crippen molar-refractivity contribution in [2.24, 2.45) is 0 Å². The van der Waals surface area contributed by atoms with E-state index in [1.807, 2.05) is 96.1 Å². The van der Waals surface area contributed by atoms with Crippen molar-refractivity contribution in [2.75, 3.05) is 51.6 Å². The molecule has 0 fully saturated rings. The number of hydrogen-bond donors (Lipinski definition) is 9. The maximum Gasteiger partial charge on any atom is 0.0384 e. The van der Waals surface area contributed by atoms with Gasteiger partial charge in [-0.15, -0.1) is 0 Å². The van der Waals surface area contributed by atoms with Gasteiger partial charge in [-0.2, -0.15) is 0 Å². The van der Waals surface area contributed by atoms with Crippen LogP contribution in [0.3, 0.4) is 0 Å². The molecule has 9 nitrogen and oxygen atoms in total. The second-order valence-corrected chi connectivity index (χ2v) is 27.5. The maximum atomic E-state index is 6.09. The molecule has 0 radical (unpaired) electrons. The zero-order valence-electron chi connectivity index (χ0n) is 65.3. The SMILES string of the molecule is CC(C)c1cc(N)cc(C(C)C)c1.CC(C)c1ccc(N)cc1.CC(C)c1cccc(C(C)C)c1N.CCc1cc(C)cc(CC)c1N.CCc1cc(N)cc(CC)c1.CCc1cccc(CC)c1N.Cc1cc(C)c(N)c(C)c1.Cc1cc(C)cc(N)c1.Cc1cccc(C)c1N. The van der Waals surface area contributed by atoms with Crippen molar-refractivity contribution in [1.29, 1.82) is 0 Å². The van der Waals surface area contributed by atoms with Gasteiger partial charge in [-0.05, 0) is 267 Å². The highest BCUT2D eigenvalue weighted by molar-refractivity contribution is 5.58. The molecular formula is C89H133N9. The molecule has 9 aromatic carbocycles. The van der Waals surface area contributed by atoms with Gasteiger partial charge in [0.1, 0.15) is 0 Å². The number of aryl methyl sites for hydroxylation is 14. The van der Waals surface area contributed by atoms with Crippen LogP contribution in [0.4, 0.5) is 51.2 Å². The Bertz CT molecular complexity index is 3560. The van der Waals surface area contributed by atoms with E-state index in [2.05, 4.69) is 228 Å². The van der Waals surface area contributed by atoms with Gasteiger partial charge < -0.3 is 51.6 Å². The minimum atomic E-state index is 0.513. The Morgan fingerprint density at radius 1 is 0.235 bits per heavy atom. The average molecular weight is 1330 g/mol. The summed E-state index contributed by atoms with van der Waals surface area (Å²) in [5.74, 6) is 2.74. The fourth-order valence-electron chi connectivity index (χ4n) is 10.9. The summed E-state index contributed by atoms with van der Waals surface area (Å²) in [5, 5.41) is 0. The van der Waals surface area contributed by atoms with Crippen LogP contribution in [-0.4, -0.2) is 0 Å². The molecule has 0 amide bonds. The molecule has 0 unspecified atom stereocenters. The minimum Gasteiger partial charge on any atom is -0.399 e. The van der Waals surface area contributed by atoms with Gasteiger partial charge in [0.2, 0.25) is 0 Å². The summed E-state index contributed by atoms with van der Waals surface area (Å²) in [6, 6.07) is 53.9. The molecule has 0 spiro atoms. The molecule has 9 aromatic rings. The zero-order valence-corrected chi connectivity index (χ0v) is 65.3. The highest BCUT2D eigenvalue weighted by atomic mass is 14.6. The third-order valence-corrected chi connectivity index (χ3v) is 17.1. The number of nitrogen functional groups attached to an aromatic ring is 9. The predicted molar refractivity (Wildman–Crippen MR) is 442 cm³/mol. The molecule has 0 bridgehead atoms. The fourth-order valence-corrected chi connectivity index (χ4v) is 10.9. The molecule has 0 saturated carbocycles. The first-order valence-electron chi connectivity index (χ1n) is 35.7. The second kappa shape index (κ2) is 44.9. The molecule has 0 atom stereocenters. The van der Waals surface area contributed by atoms with Crippen molar-refractivity contribution < 1.29 is 0 Å². The van der Waals surface area contributed by atoms with Crippen LogP contribution in [0.15, 0.2) is 158 Å². The van der Waals surface area contributed by atoms with Gasteiger partial charge in [0.25, 0.3) is 0 Å². The van der Waals surface area contributed by atoms with E-state index in [9.17, 15) is 0 Å². The fraction of sp³-hybridized carbons (Fsp3) is 0.393. The number of hydrogen-bond acceptors (Lipinski definition) is 9. The molecule has 0 saturated heterocycles. The van der Waals surface area contributed by atoms with Crippen molar-refractivity contribution in [3.63, 3.8) is 0 Å². The van der Waals surface area contributed by atoms with E-state index in [0.717, 1.165) is 101 Å². The first kappa shape index (κ1) is 87.2. The van der Waals surface area contributed by atoms with Gasteiger partial charge >= 0.3 is 0 Å². The van der Waals surface area contributed by atoms with Crippen LogP contribution in [0, 0.1) is 55.4 Å². The Hall–Kier alpha value is -8.82. The van der Waals surface area contributed by atoms with Crippen LogP contribution >= 0.6 is 0 Å². The Morgan fingerprint density at radius 3 is 0.908 bits per heavy atom. The molecule has 9 rings (SSSR count). The first-order chi connectivity index (χ1) is 46.0. The largest absolute Gasteiger partial charge is 0.399 e. The van der Waals surface area contributed by atoms with Crippen molar-refractivity contribution in [3.05, 3.63) is 263 Å². The summed E-state index contributed by atoms with van der Waals surface area (Å²) in [7, 11) is 0. The zero-order chi connectivity index (χ0) is 74.7. The maximum absolute atomic E-state index is 6.09. The van der Waals surface area contributed by atoms with Crippen molar-refractivity contribution >= 4 is 51.2 Å². The topological polar surface area (TPSA) is 234 Å². The average Bonchev–Trinajstić information content (AvgIpc) is 0.841. The predicted octanol–water partition coefficient (Wildman–Crippen LogP) is 22.9. The number of nitrogens with two attached hydrogens (primary N) is 9. The molecule has 9 heteroatoms. The number of para-hydroxylation sites is 3. The van der Waals surface area contributed by atoms with E-state index in [1.54, 1.807) is 0 Å². The molecule has 0 heterocycles. The third kappa shape index (κ3) is 31.6. The number of benzene rings is 9. The van der Waals surface area contributed by atoms with Gasteiger partial charge in [-0.1, -0.05) is 231 Å². The summed E-state index contributed by atoms with van der Waals surface area (Å²) >= 11 is 0. The standard InChI is InChI=1S/2C12H19N.C11H17N.2C10H15N.2C9H13N.2C8H11N/c1-8(2)10-5-11(9(3)4)7-12(13)6-10;1-8(2)10-6-5-7-11(9(3)4)12(10)13;1-4-9-6-8(3)7-10(5-2)11(9)12;1-3-8-5-9(4-2)7-10(11)6-8;1-3-8-6-5-7-9(4-2)10(8)11;1-6-4-7(2)9(10)8(3)5-6;1-7(2)8-3-5-9(10)6-4-8;1-6-3-7(2)5-8(9)4-6;1-6-4-3-5-7(2)8(6)9/h2*5-9H,13H2,1-4H3;6-7H,4-5,12H2,1-3H3;2*5-7H,3-4,11H2,1-2H3;4-5H,10H2,1-3H3;3-7H,10H2,1-2H3;2*3-5H,9H2,1-2H3. The lowest BCUT2D eigenvalue weighted by Gasteiger charge is -2.15. The van der Waals surface area contributed by atoms with Gasteiger partial charge in [-0.25, -0.2) is 0 Å². The van der Waals surface area contributed by atoms with Crippen LogP contribution < -0.4 is 51.6 Å². The number of anilines is 9. The van der Waals surface area contributed by atoms with Crippen LogP contribution in [0.1, 0.15) is 246 Å². The normalized spacial score (nSPS) is 10.3. The van der Waals surface area contributed by atoms with E-state index >= 15 is 0 Å². The van der Waals surface area contributed by atoms with Crippen molar-refractivity contribution in [3.8, 4) is 0 Å². The summed E-state index contributed by atoms with van der Waals surface area (Å²) in [4.78, 5) is 0. The minimum absolute atomic E-state index is 0.513. The summed E-state index contributed by atoms with van der Waals surface area (Å²) in [6.07, 6.45) is 6.25. The molecule has 18 N–H and O–H groups in total.